The van der Waals surface area contributed by atoms with E-state index in [0.717, 1.165) is 20.0 Å². The lowest BCUT2D eigenvalue weighted by molar-refractivity contribution is -0.144. The average Bonchev–Trinajstić information content (AvgIpc) is 3.27. The maximum absolute atomic E-state index is 13.4. The highest BCUT2D eigenvalue weighted by atomic mass is 19.2. The number of hydrogen-bond acceptors (Lipinski definition) is 4. The number of carbonyl (C=O) groups excluding carboxylic acids is 1. The Balaban J connectivity index is 2.11. The van der Waals surface area contributed by atoms with Gasteiger partial charge in [0.2, 0.25) is 11.6 Å². The maximum atomic E-state index is 13.4. The van der Waals surface area contributed by atoms with E-state index in [4.69, 9.17) is 4.74 Å². The molecule has 0 saturated heterocycles. The number of halogens is 4. The first-order valence-corrected chi connectivity index (χ1v) is 6.23. The molecule has 0 spiro atoms. The van der Waals surface area contributed by atoms with Gasteiger partial charge in [-0.25, -0.2) is 8.78 Å². The van der Waals surface area contributed by atoms with Crippen molar-refractivity contribution >= 4 is 5.97 Å². The van der Waals surface area contributed by atoms with Crippen molar-refractivity contribution in [3.63, 3.8) is 0 Å². The highest BCUT2D eigenvalue weighted by Crippen LogP contribution is 2.27. The molecule has 0 bridgehead atoms. The summed E-state index contributed by atoms with van der Waals surface area (Å²) < 4.78 is 62.1. The van der Waals surface area contributed by atoms with Crippen LogP contribution in [0.1, 0.15) is 12.8 Å². The van der Waals surface area contributed by atoms with Gasteiger partial charge >= 0.3 is 5.97 Å². The highest BCUT2D eigenvalue weighted by Gasteiger charge is 2.30. The average molecular weight is 307 g/mol. The highest BCUT2D eigenvalue weighted by molar-refractivity contribution is 5.76. The summed E-state index contributed by atoms with van der Waals surface area (Å²) in [5.41, 5.74) is 0. The predicted molar refractivity (Wildman–Crippen MR) is 63.7 cm³/mol. The number of methoxy groups -OCH3 is 1. The lowest BCUT2D eigenvalue weighted by atomic mass is 10.2. The molecule has 0 aromatic heterocycles. The van der Waals surface area contributed by atoms with Gasteiger partial charge in [-0.3, -0.25) is 10.1 Å². The zero-order valence-electron chi connectivity index (χ0n) is 11.1. The molecule has 0 heterocycles. The first kappa shape index (κ1) is 15.6. The molecule has 1 unspecified atom stereocenters. The summed E-state index contributed by atoms with van der Waals surface area (Å²) in [6.07, 6.45) is 1.70. The molecular weight excluding hydrogens is 294 g/mol. The van der Waals surface area contributed by atoms with Gasteiger partial charge in [-0.05, 0) is 12.8 Å². The summed E-state index contributed by atoms with van der Waals surface area (Å²) in [7, 11) is 1.15. The van der Waals surface area contributed by atoms with Crippen LogP contribution in [0.25, 0.3) is 0 Å². The maximum Gasteiger partial charge on any atom is 0.326 e. The summed E-state index contributed by atoms with van der Waals surface area (Å²) in [6.45, 7) is -0.514. The minimum absolute atomic E-state index is 0.0811. The number of esters is 1. The SMILES string of the molecule is COC(=O)C(COc1c(F)c(F)cc(F)c1F)NC1CC1. The van der Waals surface area contributed by atoms with Crippen LogP contribution in [0.2, 0.25) is 0 Å². The molecule has 1 aliphatic carbocycles. The minimum Gasteiger partial charge on any atom is -0.485 e. The van der Waals surface area contributed by atoms with Gasteiger partial charge in [0.05, 0.1) is 7.11 Å². The van der Waals surface area contributed by atoms with Crippen LogP contribution < -0.4 is 10.1 Å². The molecule has 1 aromatic carbocycles. The van der Waals surface area contributed by atoms with E-state index in [9.17, 15) is 22.4 Å². The summed E-state index contributed by atoms with van der Waals surface area (Å²) in [6, 6.07) is -0.804. The second-order valence-corrected chi connectivity index (χ2v) is 4.62. The standard InChI is InChI=1S/C13H13F4NO3/c1-20-13(19)9(18-6-2-3-6)5-21-12-10(16)7(14)4-8(15)11(12)17/h4,6,9,18H,2-3,5H2,1H3. The monoisotopic (exact) mass is 307 g/mol. The molecule has 4 nitrogen and oxygen atoms in total. The quantitative estimate of drug-likeness (QED) is 0.495. The number of rotatable bonds is 6. The Morgan fingerprint density at radius 2 is 1.86 bits per heavy atom. The molecule has 1 fully saturated rings. The van der Waals surface area contributed by atoms with Gasteiger partial charge in [0.25, 0.3) is 0 Å². The van der Waals surface area contributed by atoms with Gasteiger partial charge in [-0.15, -0.1) is 0 Å². The number of carbonyl (C=O) groups is 1. The third-order valence-electron chi connectivity index (χ3n) is 2.97. The predicted octanol–water partition coefficient (Wildman–Crippen LogP) is 1.92. The number of ether oxygens (including phenoxy) is 2. The van der Waals surface area contributed by atoms with Crippen LogP contribution in [0, 0.1) is 23.3 Å². The van der Waals surface area contributed by atoms with Gasteiger partial charge in [0.1, 0.15) is 12.6 Å². The Morgan fingerprint density at radius 3 is 2.33 bits per heavy atom. The molecule has 21 heavy (non-hydrogen) atoms. The fourth-order valence-electron chi connectivity index (χ4n) is 1.71. The Hall–Kier alpha value is -1.83. The van der Waals surface area contributed by atoms with Gasteiger partial charge in [0, 0.05) is 12.1 Å². The van der Waals surface area contributed by atoms with Crippen molar-refractivity contribution in [3.8, 4) is 5.75 Å². The van der Waals surface area contributed by atoms with Crippen molar-refractivity contribution < 1.29 is 31.8 Å². The fourth-order valence-corrected chi connectivity index (χ4v) is 1.71. The van der Waals surface area contributed by atoms with Crippen LogP contribution >= 0.6 is 0 Å². The molecular formula is C13H13F4NO3. The van der Waals surface area contributed by atoms with Crippen molar-refractivity contribution in [2.45, 2.75) is 24.9 Å². The van der Waals surface area contributed by atoms with Crippen molar-refractivity contribution in [3.05, 3.63) is 29.3 Å². The van der Waals surface area contributed by atoms with Crippen LogP contribution in [0.5, 0.6) is 5.75 Å². The van der Waals surface area contributed by atoms with Crippen LogP contribution in [0.3, 0.4) is 0 Å². The van der Waals surface area contributed by atoms with Crippen molar-refractivity contribution in [1.29, 1.82) is 0 Å². The molecule has 1 N–H and O–H groups in total. The van der Waals surface area contributed by atoms with E-state index in [1.165, 1.54) is 0 Å². The normalized spacial score (nSPS) is 15.7. The first-order chi connectivity index (χ1) is 9.93. The molecule has 1 aromatic rings. The molecule has 0 radical (unpaired) electrons. The third kappa shape index (κ3) is 3.63. The molecule has 2 rings (SSSR count). The molecule has 1 saturated carbocycles. The Morgan fingerprint density at radius 1 is 1.29 bits per heavy atom. The van der Waals surface area contributed by atoms with Gasteiger partial charge in [-0.1, -0.05) is 0 Å². The smallest absolute Gasteiger partial charge is 0.326 e. The summed E-state index contributed by atoms with van der Waals surface area (Å²) in [4.78, 5) is 11.5. The Labute approximate surface area is 118 Å². The largest absolute Gasteiger partial charge is 0.485 e. The van der Waals surface area contributed by atoms with Gasteiger partial charge < -0.3 is 9.47 Å². The Kier molecular flexibility index (Phi) is 4.66. The van der Waals surface area contributed by atoms with E-state index in [0.29, 0.717) is 0 Å². The molecule has 8 heteroatoms. The van der Waals surface area contributed by atoms with Gasteiger partial charge in [0.15, 0.2) is 17.4 Å². The van der Waals surface area contributed by atoms with E-state index in [1.54, 1.807) is 0 Å². The Bertz CT molecular complexity index is 522. The summed E-state index contributed by atoms with van der Waals surface area (Å²) in [5.74, 6) is -8.34. The van der Waals surface area contributed by atoms with E-state index in [-0.39, 0.29) is 12.1 Å². The minimum atomic E-state index is -1.65. The number of nitrogens with one attached hydrogen (secondary N) is 1. The van der Waals surface area contributed by atoms with Gasteiger partial charge in [-0.2, -0.15) is 8.78 Å². The van der Waals surface area contributed by atoms with Crippen molar-refractivity contribution in [2.24, 2.45) is 0 Å². The lowest BCUT2D eigenvalue weighted by Crippen LogP contribution is -2.43. The van der Waals surface area contributed by atoms with E-state index >= 15 is 0 Å². The number of hydrogen-bond donors (Lipinski definition) is 1. The topological polar surface area (TPSA) is 47.6 Å². The third-order valence-corrected chi connectivity index (χ3v) is 2.97. The zero-order chi connectivity index (χ0) is 15.6. The van der Waals surface area contributed by atoms with Crippen LogP contribution in [0.15, 0.2) is 6.07 Å². The van der Waals surface area contributed by atoms with Crippen molar-refractivity contribution in [1.82, 2.24) is 5.32 Å². The molecule has 1 aliphatic rings. The van der Waals surface area contributed by atoms with Crippen molar-refractivity contribution in [2.75, 3.05) is 13.7 Å². The second-order valence-electron chi connectivity index (χ2n) is 4.62. The fraction of sp³-hybridized carbons (Fsp3) is 0.462. The van der Waals surface area contributed by atoms with E-state index in [1.807, 2.05) is 0 Å². The summed E-state index contributed by atoms with van der Waals surface area (Å²) in [5, 5.41) is 2.85. The molecule has 116 valence electrons. The summed E-state index contributed by atoms with van der Waals surface area (Å²) >= 11 is 0. The van der Waals surface area contributed by atoms with Crippen LogP contribution in [-0.2, 0) is 9.53 Å². The second kappa shape index (κ2) is 6.30. The first-order valence-electron chi connectivity index (χ1n) is 6.23. The zero-order valence-corrected chi connectivity index (χ0v) is 11.1. The lowest BCUT2D eigenvalue weighted by Gasteiger charge is -2.17. The number of benzene rings is 1. The molecule has 1 atom stereocenters. The van der Waals surface area contributed by atoms with Crippen LogP contribution in [-0.4, -0.2) is 31.8 Å². The van der Waals surface area contributed by atoms with E-state index < -0.39 is 47.6 Å². The van der Waals surface area contributed by atoms with Crippen LogP contribution in [0.4, 0.5) is 17.6 Å². The molecule has 0 aliphatic heterocycles. The van der Waals surface area contributed by atoms with E-state index in [2.05, 4.69) is 10.1 Å². The molecule has 0 amide bonds.